The third-order valence-electron chi connectivity index (χ3n) is 3.31. The zero-order chi connectivity index (χ0) is 13.5. The zero-order valence-corrected chi connectivity index (χ0v) is 12.3. The summed E-state index contributed by atoms with van der Waals surface area (Å²) in [6.45, 7) is 6.25. The van der Waals surface area contributed by atoms with Gasteiger partial charge in [-0.25, -0.2) is 9.78 Å². The highest BCUT2D eigenvalue weighted by Gasteiger charge is 2.21. The number of amides is 2. The lowest BCUT2D eigenvalue weighted by Crippen LogP contribution is -2.52. The van der Waals surface area contributed by atoms with E-state index < -0.39 is 0 Å². The lowest BCUT2D eigenvalue weighted by atomic mass is 10.2. The van der Waals surface area contributed by atoms with Crippen molar-refractivity contribution in [2.45, 2.75) is 26.2 Å². The number of nitrogens with one attached hydrogen (secondary N) is 1. The van der Waals surface area contributed by atoms with Gasteiger partial charge in [-0.15, -0.1) is 11.3 Å². The minimum Gasteiger partial charge on any atom is -0.345 e. The lowest BCUT2D eigenvalue weighted by Gasteiger charge is -2.34. The molecule has 1 N–H and O–H groups in total. The van der Waals surface area contributed by atoms with Crippen LogP contribution >= 0.6 is 11.3 Å². The van der Waals surface area contributed by atoms with Crippen LogP contribution in [-0.2, 0) is 0 Å². The number of hydrogen-bond acceptors (Lipinski definition) is 4. The van der Waals surface area contributed by atoms with Gasteiger partial charge >= 0.3 is 6.03 Å². The summed E-state index contributed by atoms with van der Waals surface area (Å²) in [7, 11) is 0. The normalized spacial score (nSPS) is 15.6. The fourth-order valence-electron chi connectivity index (χ4n) is 2.16. The van der Waals surface area contributed by atoms with Crippen molar-refractivity contribution >= 4 is 22.5 Å². The van der Waals surface area contributed by atoms with Crippen molar-refractivity contribution in [3.05, 3.63) is 11.6 Å². The van der Waals surface area contributed by atoms with Gasteiger partial charge in [-0.1, -0.05) is 19.8 Å². The van der Waals surface area contributed by atoms with Crippen LogP contribution in [0.15, 0.2) is 11.6 Å². The van der Waals surface area contributed by atoms with E-state index in [0.29, 0.717) is 0 Å². The molecule has 2 heterocycles. The molecule has 2 amide bonds. The van der Waals surface area contributed by atoms with Crippen LogP contribution in [0, 0.1) is 0 Å². The first-order chi connectivity index (χ1) is 9.31. The largest absolute Gasteiger partial charge is 0.345 e. The minimum absolute atomic E-state index is 0.0786. The van der Waals surface area contributed by atoms with Crippen molar-refractivity contribution < 1.29 is 4.79 Å². The Bertz CT molecular complexity index is 374. The predicted octanol–water partition coefficient (Wildman–Crippen LogP) is 2.16. The molecule has 0 saturated carbocycles. The maximum absolute atomic E-state index is 11.9. The lowest BCUT2D eigenvalue weighted by molar-refractivity contribution is 0.194. The Morgan fingerprint density at radius 3 is 2.79 bits per heavy atom. The van der Waals surface area contributed by atoms with Crippen LogP contribution in [0.1, 0.15) is 26.2 Å². The number of rotatable bonds is 5. The van der Waals surface area contributed by atoms with Gasteiger partial charge in [0.25, 0.3) is 0 Å². The molecule has 1 aromatic rings. The van der Waals surface area contributed by atoms with E-state index in [4.69, 9.17) is 0 Å². The van der Waals surface area contributed by atoms with Crippen molar-refractivity contribution in [1.29, 1.82) is 0 Å². The average molecular weight is 282 g/mol. The maximum atomic E-state index is 11.9. The average Bonchev–Trinajstić information content (AvgIpc) is 2.98. The summed E-state index contributed by atoms with van der Waals surface area (Å²) in [6.07, 6.45) is 5.26. The van der Waals surface area contributed by atoms with Gasteiger partial charge in [-0.05, 0) is 6.42 Å². The third kappa shape index (κ3) is 4.09. The Balaban J connectivity index is 1.69. The molecule has 0 aliphatic carbocycles. The van der Waals surface area contributed by atoms with Gasteiger partial charge < -0.3 is 15.1 Å². The highest BCUT2D eigenvalue weighted by Crippen LogP contribution is 2.18. The Morgan fingerprint density at radius 2 is 2.16 bits per heavy atom. The Hall–Kier alpha value is -1.30. The SMILES string of the molecule is CCCCCNC(=O)N1CCN(c2nccs2)CC1. The summed E-state index contributed by atoms with van der Waals surface area (Å²) in [4.78, 5) is 20.4. The number of urea groups is 1. The number of hydrogen-bond donors (Lipinski definition) is 1. The van der Waals surface area contributed by atoms with Crippen molar-refractivity contribution in [2.75, 3.05) is 37.6 Å². The molecule has 2 rings (SSSR count). The van der Waals surface area contributed by atoms with Crippen molar-refractivity contribution in [3.8, 4) is 0 Å². The zero-order valence-electron chi connectivity index (χ0n) is 11.5. The highest BCUT2D eigenvalue weighted by molar-refractivity contribution is 7.13. The van der Waals surface area contributed by atoms with Gasteiger partial charge in [-0.2, -0.15) is 0 Å². The molecule has 0 bridgehead atoms. The molecule has 0 aromatic carbocycles. The van der Waals surface area contributed by atoms with Gasteiger partial charge in [0.1, 0.15) is 0 Å². The molecule has 0 spiro atoms. The molecule has 1 aliphatic heterocycles. The fourth-order valence-corrected chi connectivity index (χ4v) is 2.85. The summed E-state index contributed by atoms with van der Waals surface area (Å²) in [5.74, 6) is 0. The Labute approximate surface area is 118 Å². The van der Waals surface area contributed by atoms with Gasteiger partial charge in [0.15, 0.2) is 5.13 Å². The number of piperazine rings is 1. The van der Waals surface area contributed by atoms with E-state index in [1.807, 2.05) is 16.5 Å². The molecule has 0 unspecified atom stereocenters. The molecule has 19 heavy (non-hydrogen) atoms. The Kier molecular flexibility index (Phi) is 5.44. The van der Waals surface area contributed by atoms with E-state index in [9.17, 15) is 4.79 Å². The van der Waals surface area contributed by atoms with Crippen LogP contribution in [0.5, 0.6) is 0 Å². The Morgan fingerprint density at radius 1 is 1.37 bits per heavy atom. The number of aromatic nitrogens is 1. The first-order valence-electron chi connectivity index (χ1n) is 6.98. The van der Waals surface area contributed by atoms with E-state index in [0.717, 1.165) is 44.3 Å². The molecular weight excluding hydrogens is 260 g/mol. The molecule has 1 aromatic heterocycles. The standard InChI is InChI=1S/C13H22N4OS/c1-2-3-4-5-14-12(18)16-7-9-17(10-8-16)13-15-6-11-19-13/h6,11H,2-5,7-10H2,1H3,(H,14,18). The van der Waals surface area contributed by atoms with Crippen molar-refractivity contribution in [1.82, 2.24) is 15.2 Å². The van der Waals surface area contributed by atoms with Crippen molar-refractivity contribution in [3.63, 3.8) is 0 Å². The van der Waals surface area contributed by atoms with E-state index in [2.05, 4.69) is 22.1 Å². The second-order valence-electron chi connectivity index (χ2n) is 4.73. The predicted molar refractivity (Wildman–Crippen MR) is 78.8 cm³/mol. The van der Waals surface area contributed by atoms with E-state index >= 15 is 0 Å². The fraction of sp³-hybridized carbons (Fsp3) is 0.692. The van der Waals surface area contributed by atoms with E-state index in [-0.39, 0.29) is 6.03 Å². The van der Waals surface area contributed by atoms with E-state index in [1.165, 1.54) is 12.8 Å². The maximum Gasteiger partial charge on any atom is 0.317 e. The number of thiazole rings is 1. The molecule has 0 radical (unpaired) electrons. The topological polar surface area (TPSA) is 48.5 Å². The van der Waals surface area contributed by atoms with Crippen LogP contribution in [0.4, 0.5) is 9.93 Å². The summed E-state index contributed by atoms with van der Waals surface area (Å²) in [6, 6.07) is 0.0786. The molecule has 1 fully saturated rings. The quantitative estimate of drug-likeness (QED) is 0.842. The smallest absolute Gasteiger partial charge is 0.317 e. The van der Waals surface area contributed by atoms with Gasteiger partial charge in [0.05, 0.1) is 0 Å². The summed E-state index contributed by atoms with van der Waals surface area (Å²) >= 11 is 1.65. The molecule has 5 nitrogen and oxygen atoms in total. The molecule has 0 atom stereocenters. The molecule has 106 valence electrons. The number of unbranched alkanes of at least 4 members (excludes halogenated alkanes) is 2. The van der Waals surface area contributed by atoms with E-state index in [1.54, 1.807) is 11.3 Å². The number of nitrogens with zero attached hydrogens (tertiary/aromatic N) is 3. The van der Waals surface area contributed by atoms with Gasteiger partial charge in [0, 0.05) is 44.3 Å². The first kappa shape index (κ1) is 14.1. The van der Waals surface area contributed by atoms with Crippen LogP contribution in [0.25, 0.3) is 0 Å². The first-order valence-corrected chi connectivity index (χ1v) is 7.86. The summed E-state index contributed by atoms with van der Waals surface area (Å²) in [5.41, 5.74) is 0. The summed E-state index contributed by atoms with van der Waals surface area (Å²) in [5, 5.41) is 6.04. The van der Waals surface area contributed by atoms with Crippen LogP contribution in [0.3, 0.4) is 0 Å². The van der Waals surface area contributed by atoms with Crippen LogP contribution in [-0.4, -0.2) is 48.6 Å². The number of anilines is 1. The molecule has 6 heteroatoms. The summed E-state index contributed by atoms with van der Waals surface area (Å²) < 4.78 is 0. The molecular formula is C13H22N4OS. The van der Waals surface area contributed by atoms with Gasteiger partial charge in [-0.3, -0.25) is 0 Å². The second-order valence-corrected chi connectivity index (χ2v) is 5.60. The number of carbonyl (C=O) groups excluding carboxylic acids is 1. The van der Waals surface area contributed by atoms with Crippen LogP contribution < -0.4 is 10.2 Å². The second kappa shape index (κ2) is 7.33. The highest BCUT2D eigenvalue weighted by atomic mass is 32.1. The minimum atomic E-state index is 0.0786. The number of carbonyl (C=O) groups is 1. The van der Waals surface area contributed by atoms with Crippen molar-refractivity contribution in [2.24, 2.45) is 0 Å². The third-order valence-corrected chi connectivity index (χ3v) is 4.15. The molecule has 1 saturated heterocycles. The monoisotopic (exact) mass is 282 g/mol. The molecule has 1 aliphatic rings. The van der Waals surface area contributed by atoms with Gasteiger partial charge in [0.2, 0.25) is 0 Å². The van der Waals surface area contributed by atoms with Crippen LogP contribution in [0.2, 0.25) is 0 Å².